The van der Waals surface area contributed by atoms with E-state index in [0.29, 0.717) is 25.2 Å². The van der Waals surface area contributed by atoms with Gasteiger partial charge in [-0.25, -0.2) is 0 Å². The molecule has 1 saturated carbocycles. The van der Waals surface area contributed by atoms with Crippen molar-refractivity contribution in [3.63, 3.8) is 0 Å². The largest absolute Gasteiger partial charge is 0.480 e. The van der Waals surface area contributed by atoms with E-state index in [-0.39, 0.29) is 12.6 Å². The molecule has 134 valence electrons. The van der Waals surface area contributed by atoms with Crippen molar-refractivity contribution in [2.45, 2.75) is 44.8 Å². The van der Waals surface area contributed by atoms with Gasteiger partial charge in [0.2, 0.25) is 0 Å². The lowest BCUT2D eigenvalue weighted by Crippen LogP contribution is -2.48. The first kappa shape index (κ1) is 18.6. The molecule has 3 unspecified atom stereocenters. The predicted octanol–water partition coefficient (Wildman–Crippen LogP) is 1.30. The fourth-order valence-electron chi connectivity index (χ4n) is 3.60. The lowest BCUT2D eigenvalue weighted by atomic mass is 9.88. The Bertz CT molecular complexity index is 367. The summed E-state index contributed by atoms with van der Waals surface area (Å²) in [5, 5.41) is 8.82. The van der Waals surface area contributed by atoms with Crippen LogP contribution in [0, 0.1) is 5.92 Å². The number of nitrogens with zero attached hydrogens (tertiary/aromatic N) is 2. The van der Waals surface area contributed by atoms with Gasteiger partial charge in [-0.1, -0.05) is 19.8 Å². The number of carboxylic acid groups (broad SMARTS) is 1. The molecular formula is C17H32N2O4. The molecule has 1 heterocycles. The maximum atomic E-state index is 10.7. The third-order valence-corrected chi connectivity index (χ3v) is 4.92. The first-order chi connectivity index (χ1) is 11.0. The molecule has 0 aromatic rings. The zero-order valence-corrected chi connectivity index (χ0v) is 14.6. The smallest absolute Gasteiger partial charge is 0.317 e. The molecule has 2 rings (SSSR count). The maximum Gasteiger partial charge on any atom is 0.317 e. The molecule has 23 heavy (non-hydrogen) atoms. The van der Waals surface area contributed by atoms with Crippen LogP contribution < -0.4 is 0 Å². The molecule has 1 aliphatic heterocycles. The minimum atomic E-state index is -0.796. The Kier molecular flexibility index (Phi) is 7.76. The molecule has 0 bridgehead atoms. The summed E-state index contributed by atoms with van der Waals surface area (Å²) in [5.74, 6) is -0.110. The topological polar surface area (TPSA) is 62.2 Å². The number of rotatable bonds is 8. The van der Waals surface area contributed by atoms with E-state index in [1.807, 2.05) is 7.05 Å². The number of ether oxygens (including phenoxy) is 2. The van der Waals surface area contributed by atoms with E-state index in [1.165, 1.54) is 25.7 Å². The molecular weight excluding hydrogens is 296 g/mol. The Balaban J connectivity index is 1.64. The van der Waals surface area contributed by atoms with Crippen LogP contribution in [0.1, 0.15) is 32.6 Å². The highest BCUT2D eigenvalue weighted by molar-refractivity contribution is 5.68. The number of morpholine rings is 1. The van der Waals surface area contributed by atoms with Crippen LogP contribution in [0.25, 0.3) is 0 Å². The number of carboxylic acids is 1. The maximum absolute atomic E-state index is 10.7. The van der Waals surface area contributed by atoms with Crippen LogP contribution in [0.2, 0.25) is 0 Å². The van der Waals surface area contributed by atoms with Gasteiger partial charge in [0.05, 0.1) is 32.0 Å². The van der Waals surface area contributed by atoms with E-state index in [4.69, 9.17) is 14.6 Å². The standard InChI is InChI=1S/C17H32N2O4/c1-14-5-3-4-6-16(14)23-10-8-19-7-9-22-15(12-19)11-18(2)13-17(20)21/h14-16H,3-13H2,1-2H3,(H,20,21). The summed E-state index contributed by atoms with van der Waals surface area (Å²) < 4.78 is 11.9. The molecule has 0 radical (unpaired) electrons. The van der Waals surface area contributed by atoms with E-state index in [1.54, 1.807) is 4.90 Å². The number of aliphatic carboxylic acids is 1. The highest BCUT2D eigenvalue weighted by Gasteiger charge is 2.24. The van der Waals surface area contributed by atoms with Crippen molar-refractivity contribution in [1.29, 1.82) is 0 Å². The zero-order chi connectivity index (χ0) is 16.7. The van der Waals surface area contributed by atoms with Crippen LogP contribution in [0.3, 0.4) is 0 Å². The Hall–Kier alpha value is -0.690. The van der Waals surface area contributed by atoms with Gasteiger partial charge in [-0.3, -0.25) is 14.6 Å². The monoisotopic (exact) mass is 328 g/mol. The molecule has 0 amide bonds. The van der Waals surface area contributed by atoms with Crippen molar-refractivity contribution in [2.24, 2.45) is 5.92 Å². The second-order valence-electron chi connectivity index (χ2n) is 7.05. The van der Waals surface area contributed by atoms with Crippen molar-refractivity contribution in [2.75, 3.05) is 53.0 Å². The second kappa shape index (κ2) is 9.57. The van der Waals surface area contributed by atoms with Gasteiger partial charge in [0, 0.05) is 26.2 Å². The molecule has 3 atom stereocenters. The fraction of sp³-hybridized carbons (Fsp3) is 0.941. The average Bonchev–Trinajstić information content (AvgIpc) is 2.49. The van der Waals surface area contributed by atoms with Crippen LogP contribution >= 0.6 is 0 Å². The molecule has 6 nitrogen and oxygen atoms in total. The third kappa shape index (κ3) is 6.75. The Morgan fingerprint density at radius 3 is 2.91 bits per heavy atom. The van der Waals surface area contributed by atoms with E-state index < -0.39 is 5.97 Å². The first-order valence-electron chi connectivity index (χ1n) is 8.90. The zero-order valence-electron chi connectivity index (χ0n) is 14.6. The number of carbonyl (C=O) groups is 1. The Morgan fingerprint density at radius 1 is 1.39 bits per heavy atom. The van der Waals surface area contributed by atoms with Gasteiger partial charge in [-0.15, -0.1) is 0 Å². The summed E-state index contributed by atoms with van der Waals surface area (Å²) in [7, 11) is 1.82. The molecule has 1 saturated heterocycles. The Labute approximate surface area is 139 Å². The summed E-state index contributed by atoms with van der Waals surface area (Å²) in [6.07, 6.45) is 5.65. The van der Waals surface area contributed by atoms with Crippen LogP contribution in [0.4, 0.5) is 0 Å². The highest BCUT2D eigenvalue weighted by atomic mass is 16.5. The molecule has 0 aromatic heterocycles. The van der Waals surface area contributed by atoms with Crippen molar-refractivity contribution in [3.05, 3.63) is 0 Å². The molecule has 1 N–H and O–H groups in total. The van der Waals surface area contributed by atoms with Gasteiger partial charge >= 0.3 is 5.97 Å². The second-order valence-corrected chi connectivity index (χ2v) is 7.05. The first-order valence-corrected chi connectivity index (χ1v) is 8.90. The summed E-state index contributed by atoms with van der Waals surface area (Å²) in [5.41, 5.74) is 0. The van der Waals surface area contributed by atoms with Gasteiger partial charge in [0.25, 0.3) is 0 Å². The minimum absolute atomic E-state index is 0.0581. The van der Waals surface area contributed by atoms with Gasteiger partial charge in [0.1, 0.15) is 0 Å². The average molecular weight is 328 g/mol. The van der Waals surface area contributed by atoms with Crippen LogP contribution in [0.5, 0.6) is 0 Å². The Morgan fingerprint density at radius 2 is 2.17 bits per heavy atom. The minimum Gasteiger partial charge on any atom is -0.480 e. The van der Waals surface area contributed by atoms with Crippen molar-refractivity contribution in [1.82, 2.24) is 9.80 Å². The highest BCUT2D eigenvalue weighted by Crippen LogP contribution is 2.26. The van der Waals surface area contributed by atoms with E-state index in [2.05, 4.69) is 11.8 Å². The molecule has 2 fully saturated rings. The van der Waals surface area contributed by atoms with Gasteiger partial charge in [0.15, 0.2) is 0 Å². The number of hydrogen-bond donors (Lipinski definition) is 1. The molecule has 2 aliphatic rings. The fourth-order valence-corrected chi connectivity index (χ4v) is 3.60. The number of likely N-dealkylation sites (N-methyl/N-ethyl adjacent to an activating group) is 1. The van der Waals surface area contributed by atoms with Gasteiger partial charge < -0.3 is 14.6 Å². The molecule has 0 aromatic carbocycles. The predicted molar refractivity (Wildman–Crippen MR) is 88.7 cm³/mol. The SMILES string of the molecule is CC1CCCCC1OCCN1CCOC(CN(C)CC(=O)O)C1. The molecule has 6 heteroatoms. The van der Waals surface area contributed by atoms with Crippen LogP contribution in [0.15, 0.2) is 0 Å². The van der Waals surface area contributed by atoms with Crippen molar-refractivity contribution >= 4 is 5.97 Å². The van der Waals surface area contributed by atoms with E-state index >= 15 is 0 Å². The summed E-state index contributed by atoms with van der Waals surface area (Å²) in [4.78, 5) is 14.9. The normalized spacial score (nSPS) is 29.8. The van der Waals surface area contributed by atoms with Crippen LogP contribution in [-0.2, 0) is 14.3 Å². The van der Waals surface area contributed by atoms with Crippen molar-refractivity contribution < 1.29 is 19.4 Å². The van der Waals surface area contributed by atoms with E-state index in [9.17, 15) is 4.79 Å². The van der Waals surface area contributed by atoms with Crippen LogP contribution in [-0.4, -0.2) is 86.1 Å². The third-order valence-electron chi connectivity index (χ3n) is 4.92. The number of hydrogen-bond acceptors (Lipinski definition) is 5. The molecule has 1 aliphatic carbocycles. The summed E-state index contributed by atoms with van der Waals surface area (Å²) in [6.45, 7) is 7.23. The van der Waals surface area contributed by atoms with Crippen molar-refractivity contribution in [3.8, 4) is 0 Å². The summed E-state index contributed by atoms with van der Waals surface area (Å²) in [6, 6.07) is 0. The molecule has 0 spiro atoms. The van der Waals surface area contributed by atoms with Gasteiger partial charge in [-0.05, 0) is 25.8 Å². The van der Waals surface area contributed by atoms with Gasteiger partial charge in [-0.2, -0.15) is 0 Å². The quantitative estimate of drug-likeness (QED) is 0.725. The lowest BCUT2D eigenvalue weighted by Gasteiger charge is -2.35. The van der Waals surface area contributed by atoms with E-state index in [0.717, 1.165) is 26.2 Å². The lowest BCUT2D eigenvalue weighted by molar-refractivity contribution is -0.138. The summed E-state index contributed by atoms with van der Waals surface area (Å²) >= 11 is 0.